The molecule has 1 N–H and O–H groups in total. The summed E-state index contributed by atoms with van der Waals surface area (Å²) < 4.78 is 30.1. The fourth-order valence-corrected chi connectivity index (χ4v) is 3.88. The number of carbonyl (C=O) groups is 1. The van der Waals surface area contributed by atoms with E-state index in [9.17, 15) is 13.2 Å². The fraction of sp³-hybridized carbons (Fsp3) is 0.400. The van der Waals surface area contributed by atoms with Gasteiger partial charge in [-0.1, -0.05) is 22.8 Å². The highest BCUT2D eigenvalue weighted by Crippen LogP contribution is 2.23. The highest BCUT2D eigenvalue weighted by Gasteiger charge is 2.36. The van der Waals surface area contributed by atoms with Gasteiger partial charge in [-0.3, -0.25) is 10.1 Å². The van der Waals surface area contributed by atoms with E-state index in [1.54, 1.807) is 0 Å². The van der Waals surface area contributed by atoms with Crippen molar-refractivity contribution in [3.8, 4) is 11.5 Å². The van der Waals surface area contributed by atoms with Crippen LogP contribution in [0.25, 0.3) is 11.5 Å². The van der Waals surface area contributed by atoms with Gasteiger partial charge in [0.1, 0.15) is 6.04 Å². The molecule has 9 heteroatoms. The third-order valence-corrected chi connectivity index (χ3v) is 5.14. The average molecular weight is 350 g/mol. The van der Waals surface area contributed by atoms with Gasteiger partial charge < -0.3 is 4.42 Å². The number of rotatable bonds is 4. The van der Waals surface area contributed by atoms with E-state index in [2.05, 4.69) is 15.5 Å². The van der Waals surface area contributed by atoms with E-state index in [0.29, 0.717) is 25.3 Å². The predicted molar refractivity (Wildman–Crippen MR) is 87.7 cm³/mol. The summed E-state index contributed by atoms with van der Waals surface area (Å²) in [6, 6.07) is 6.75. The van der Waals surface area contributed by atoms with E-state index < -0.39 is 22.0 Å². The van der Waals surface area contributed by atoms with Crippen molar-refractivity contribution in [2.45, 2.75) is 25.8 Å². The number of benzene rings is 1. The molecule has 1 aliphatic rings. The number of anilines is 1. The number of carbonyl (C=O) groups excluding carboxylic acids is 1. The van der Waals surface area contributed by atoms with Crippen molar-refractivity contribution >= 4 is 21.9 Å². The second kappa shape index (κ2) is 6.33. The standard InChI is InChI=1S/C15H18N4O4S/c1-10-5-3-6-11(9-10)14-17-18-15(23-14)16-13(20)12-7-4-8-19(12)24(2,21)22/h3,5-6,9,12H,4,7-8H2,1-2H3,(H,16,18,20). The summed E-state index contributed by atoms with van der Waals surface area (Å²) >= 11 is 0. The number of aromatic nitrogens is 2. The molecule has 1 aliphatic heterocycles. The van der Waals surface area contributed by atoms with Crippen LogP contribution in [-0.2, 0) is 14.8 Å². The van der Waals surface area contributed by atoms with Crippen molar-refractivity contribution in [1.29, 1.82) is 0 Å². The van der Waals surface area contributed by atoms with Crippen molar-refractivity contribution in [2.75, 3.05) is 18.1 Å². The third kappa shape index (κ3) is 3.46. The molecule has 0 bridgehead atoms. The number of hydrogen-bond acceptors (Lipinski definition) is 6. The van der Waals surface area contributed by atoms with Crippen LogP contribution in [0.2, 0.25) is 0 Å². The van der Waals surface area contributed by atoms with Gasteiger partial charge in [-0.2, -0.15) is 4.31 Å². The Hall–Kier alpha value is -2.26. The first-order chi connectivity index (χ1) is 11.3. The lowest BCUT2D eigenvalue weighted by atomic mass is 10.1. The van der Waals surface area contributed by atoms with Gasteiger partial charge in [-0.15, -0.1) is 5.10 Å². The van der Waals surface area contributed by atoms with Crippen LogP contribution in [0.1, 0.15) is 18.4 Å². The largest absolute Gasteiger partial charge is 0.403 e. The molecule has 1 amide bonds. The number of amides is 1. The van der Waals surface area contributed by atoms with Gasteiger partial charge in [0.05, 0.1) is 6.26 Å². The van der Waals surface area contributed by atoms with Gasteiger partial charge >= 0.3 is 6.01 Å². The summed E-state index contributed by atoms with van der Waals surface area (Å²) in [5, 5.41) is 10.2. The van der Waals surface area contributed by atoms with Crippen LogP contribution >= 0.6 is 0 Å². The smallest absolute Gasteiger partial charge is 0.322 e. The van der Waals surface area contributed by atoms with E-state index in [4.69, 9.17) is 4.42 Å². The second-order valence-corrected chi connectivity index (χ2v) is 7.74. The minimum Gasteiger partial charge on any atom is -0.403 e. The normalized spacial score (nSPS) is 18.7. The lowest BCUT2D eigenvalue weighted by Gasteiger charge is -2.20. The van der Waals surface area contributed by atoms with Crippen molar-refractivity contribution < 1.29 is 17.6 Å². The molecule has 1 aromatic carbocycles. The molecule has 1 aromatic heterocycles. The molecule has 1 atom stereocenters. The summed E-state index contributed by atoms with van der Waals surface area (Å²) in [5.41, 5.74) is 1.80. The first kappa shape index (κ1) is 16.6. The van der Waals surface area contributed by atoms with Crippen LogP contribution in [-0.4, -0.2) is 47.7 Å². The molecule has 1 unspecified atom stereocenters. The number of nitrogens with one attached hydrogen (secondary N) is 1. The third-order valence-electron chi connectivity index (χ3n) is 3.85. The maximum Gasteiger partial charge on any atom is 0.322 e. The quantitative estimate of drug-likeness (QED) is 0.894. The van der Waals surface area contributed by atoms with Gasteiger partial charge in [-0.05, 0) is 31.9 Å². The van der Waals surface area contributed by atoms with E-state index in [1.165, 1.54) is 4.31 Å². The molecule has 2 heterocycles. The summed E-state index contributed by atoms with van der Waals surface area (Å²) in [6.45, 7) is 2.29. The Morgan fingerprint density at radius 3 is 2.88 bits per heavy atom. The Labute approximate surface area is 139 Å². The summed E-state index contributed by atoms with van der Waals surface area (Å²) in [4.78, 5) is 12.3. The Kier molecular flexibility index (Phi) is 4.37. The summed E-state index contributed by atoms with van der Waals surface area (Å²) in [6.07, 6.45) is 2.21. The van der Waals surface area contributed by atoms with Crippen molar-refractivity contribution in [3.63, 3.8) is 0 Å². The maximum absolute atomic E-state index is 12.3. The van der Waals surface area contributed by atoms with Gasteiger partial charge in [0.25, 0.3) is 0 Å². The lowest BCUT2D eigenvalue weighted by Crippen LogP contribution is -2.42. The Morgan fingerprint density at radius 1 is 1.38 bits per heavy atom. The lowest BCUT2D eigenvalue weighted by molar-refractivity contribution is -0.119. The highest BCUT2D eigenvalue weighted by atomic mass is 32.2. The molecule has 2 aromatic rings. The zero-order valence-corrected chi connectivity index (χ0v) is 14.2. The number of aryl methyl sites for hydroxylation is 1. The molecule has 0 radical (unpaired) electrons. The predicted octanol–water partition coefficient (Wildman–Crippen LogP) is 1.41. The molecule has 24 heavy (non-hydrogen) atoms. The highest BCUT2D eigenvalue weighted by molar-refractivity contribution is 7.88. The Balaban J connectivity index is 1.74. The van der Waals surface area contributed by atoms with Crippen LogP contribution in [0.5, 0.6) is 0 Å². The minimum absolute atomic E-state index is 0.0446. The van der Waals surface area contributed by atoms with Crippen molar-refractivity contribution in [2.24, 2.45) is 0 Å². The SMILES string of the molecule is Cc1cccc(-c2nnc(NC(=O)C3CCCN3S(C)(=O)=O)o2)c1. The van der Waals surface area contributed by atoms with Crippen molar-refractivity contribution in [1.82, 2.24) is 14.5 Å². The van der Waals surface area contributed by atoms with Crippen LogP contribution < -0.4 is 5.32 Å². The van der Waals surface area contributed by atoms with Gasteiger partial charge in [0.15, 0.2) is 0 Å². The molecule has 1 saturated heterocycles. The van der Waals surface area contributed by atoms with Gasteiger partial charge in [0.2, 0.25) is 21.8 Å². The van der Waals surface area contributed by atoms with Crippen LogP contribution in [0.4, 0.5) is 6.01 Å². The van der Waals surface area contributed by atoms with Gasteiger partial charge in [-0.25, -0.2) is 8.42 Å². The molecule has 8 nitrogen and oxygen atoms in total. The van der Waals surface area contributed by atoms with E-state index in [0.717, 1.165) is 17.4 Å². The zero-order chi connectivity index (χ0) is 17.3. The fourth-order valence-electron chi connectivity index (χ4n) is 2.76. The molecular formula is C15H18N4O4S. The second-order valence-electron chi connectivity index (χ2n) is 5.80. The monoisotopic (exact) mass is 350 g/mol. The first-order valence-corrected chi connectivity index (χ1v) is 9.37. The maximum atomic E-state index is 12.3. The topological polar surface area (TPSA) is 105 Å². The zero-order valence-electron chi connectivity index (χ0n) is 13.4. The summed E-state index contributed by atoms with van der Waals surface area (Å²) in [5.74, 6) is -0.169. The molecule has 128 valence electrons. The molecule has 0 saturated carbocycles. The number of hydrogen-bond donors (Lipinski definition) is 1. The molecule has 1 fully saturated rings. The molecule has 0 aliphatic carbocycles. The minimum atomic E-state index is -3.43. The number of nitrogens with zero attached hydrogens (tertiary/aromatic N) is 3. The van der Waals surface area contributed by atoms with E-state index in [1.807, 2.05) is 31.2 Å². The molecular weight excluding hydrogens is 332 g/mol. The average Bonchev–Trinajstić information content (AvgIpc) is 3.15. The Morgan fingerprint density at radius 2 is 2.17 bits per heavy atom. The van der Waals surface area contributed by atoms with Crippen LogP contribution in [0, 0.1) is 6.92 Å². The van der Waals surface area contributed by atoms with Gasteiger partial charge in [0, 0.05) is 12.1 Å². The van der Waals surface area contributed by atoms with Crippen LogP contribution in [0.3, 0.4) is 0 Å². The summed E-state index contributed by atoms with van der Waals surface area (Å²) in [7, 11) is -3.43. The first-order valence-electron chi connectivity index (χ1n) is 7.53. The molecule has 0 spiro atoms. The Bertz CT molecular complexity index is 862. The van der Waals surface area contributed by atoms with Crippen molar-refractivity contribution in [3.05, 3.63) is 29.8 Å². The van der Waals surface area contributed by atoms with Crippen LogP contribution in [0.15, 0.2) is 28.7 Å². The molecule has 3 rings (SSSR count). The number of sulfonamides is 1. The van der Waals surface area contributed by atoms with E-state index in [-0.39, 0.29) is 6.01 Å². The van der Waals surface area contributed by atoms with E-state index >= 15 is 0 Å².